The third-order valence-corrected chi connectivity index (χ3v) is 6.13. The summed E-state index contributed by atoms with van der Waals surface area (Å²) in [7, 11) is 0. The van der Waals surface area contributed by atoms with Gasteiger partial charge in [-0.15, -0.1) is 10.2 Å². The molecular weight excluding hydrogens is 544 g/mol. The van der Waals surface area contributed by atoms with E-state index in [1.807, 2.05) is 42.5 Å². The normalized spacial score (nSPS) is 11.2. The lowest BCUT2D eigenvalue weighted by atomic mass is 10.0. The smallest absolute Gasteiger partial charge is 0.465 e. The topological polar surface area (TPSA) is 141 Å². The molecule has 0 aliphatic carbocycles. The summed E-state index contributed by atoms with van der Waals surface area (Å²) in [4.78, 5) is 15.2. The van der Waals surface area contributed by atoms with Gasteiger partial charge in [0.25, 0.3) is 0 Å². The summed E-state index contributed by atoms with van der Waals surface area (Å²) in [6.07, 6.45) is -1.51. The molecular formula is C22H16BrClN6O5. The van der Waals surface area contributed by atoms with Crippen LogP contribution in [-0.2, 0) is 6.54 Å². The Balaban J connectivity index is 1.56. The van der Waals surface area contributed by atoms with Gasteiger partial charge in [-0.25, -0.2) is 4.79 Å². The van der Waals surface area contributed by atoms with E-state index in [1.54, 1.807) is 6.92 Å². The first kappa shape index (κ1) is 22.9. The molecule has 0 spiro atoms. The monoisotopic (exact) mass is 558 g/mol. The zero-order chi connectivity index (χ0) is 24.5. The molecule has 0 fully saturated rings. The highest BCUT2D eigenvalue weighted by Gasteiger charge is 2.23. The standard InChI is InChI=1S/C22H16BrClN6O5/c1-2-33-21-25-18(24)20(35-22(31)32)30(21)10-11-7-8-15-14(9-11)16(23)17(34-15)12-5-3-4-6-13(12)19-26-28-29-27-19/h3-9H,2,10H2,1H3,(H,31,32)(H,26,27,28,29). The number of imidazole rings is 1. The highest BCUT2D eigenvalue weighted by Crippen LogP contribution is 2.41. The maximum atomic E-state index is 11.2. The fraction of sp³-hybridized carbons (Fsp3) is 0.136. The van der Waals surface area contributed by atoms with Crippen LogP contribution in [0.5, 0.6) is 11.9 Å². The molecule has 0 amide bonds. The van der Waals surface area contributed by atoms with E-state index in [9.17, 15) is 4.79 Å². The molecule has 11 nitrogen and oxygen atoms in total. The van der Waals surface area contributed by atoms with Crippen molar-refractivity contribution in [3.05, 3.63) is 57.7 Å². The Morgan fingerprint density at radius 1 is 1.26 bits per heavy atom. The molecule has 0 saturated heterocycles. The predicted molar refractivity (Wildman–Crippen MR) is 129 cm³/mol. The van der Waals surface area contributed by atoms with Crippen molar-refractivity contribution in [1.29, 1.82) is 0 Å². The summed E-state index contributed by atoms with van der Waals surface area (Å²) in [6.45, 7) is 2.29. The Morgan fingerprint density at radius 2 is 2.06 bits per heavy atom. The first-order chi connectivity index (χ1) is 17.0. The van der Waals surface area contributed by atoms with E-state index in [0.717, 1.165) is 26.5 Å². The fourth-order valence-electron chi connectivity index (χ4n) is 3.67. The second kappa shape index (κ2) is 9.39. The highest BCUT2D eigenvalue weighted by atomic mass is 79.9. The van der Waals surface area contributed by atoms with Gasteiger partial charge < -0.3 is 19.0 Å². The number of benzene rings is 2. The van der Waals surface area contributed by atoms with Gasteiger partial charge in [-0.1, -0.05) is 41.9 Å². The number of fused-ring (bicyclic) bond motifs is 1. The quantitative estimate of drug-likeness (QED) is 0.251. The number of nitrogens with one attached hydrogen (secondary N) is 1. The predicted octanol–water partition coefficient (Wildman–Crippen LogP) is 5.40. The lowest BCUT2D eigenvalue weighted by Gasteiger charge is -2.10. The molecule has 2 aromatic carbocycles. The zero-order valence-corrected chi connectivity index (χ0v) is 20.4. The van der Waals surface area contributed by atoms with E-state index < -0.39 is 6.16 Å². The van der Waals surface area contributed by atoms with Crippen molar-refractivity contribution in [1.82, 2.24) is 30.2 Å². The highest BCUT2D eigenvalue weighted by molar-refractivity contribution is 9.10. The van der Waals surface area contributed by atoms with Crippen molar-refractivity contribution in [2.24, 2.45) is 0 Å². The van der Waals surface area contributed by atoms with Gasteiger partial charge in [-0.05, 0) is 45.8 Å². The molecule has 35 heavy (non-hydrogen) atoms. The van der Waals surface area contributed by atoms with Crippen molar-refractivity contribution in [2.45, 2.75) is 13.5 Å². The molecule has 3 heterocycles. The Kier molecular flexibility index (Phi) is 6.14. The van der Waals surface area contributed by atoms with Crippen LogP contribution in [0.4, 0.5) is 4.79 Å². The minimum absolute atomic E-state index is 0.109. The molecule has 5 rings (SSSR count). The minimum Gasteiger partial charge on any atom is -0.465 e. The summed E-state index contributed by atoms with van der Waals surface area (Å²) < 4.78 is 18.7. The molecule has 0 atom stereocenters. The third kappa shape index (κ3) is 4.33. The molecule has 3 aromatic heterocycles. The zero-order valence-electron chi connectivity index (χ0n) is 18.0. The number of aromatic nitrogens is 6. The summed E-state index contributed by atoms with van der Waals surface area (Å²) in [5, 5.41) is 24.1. The van der Waals surface area contributed by atoms with Crippen LogP contribution in [-0.4, -0.2) is 48.0 Å². The average Bonchev–Trinajstić information content (AvgIpc) is 3.55. The first-order valence-electron chi connectivity index (χ1n) is 10.3. The Bertz CT molecular complexity index is 1530. The van der Waals surface area contributed by atoms with Crippen LogP contribution < -0.4 is 9.47 Å². The number of tetrazole rings is 1. The number of rotatable bonds is 7. The van der Waals surface area contributed by atoms with Crippen LogP contribution in [0.15, 0.2) is 51.4 Å². The molecule has 0 aliphatic heterocycles. The molecule has 178 valence electrons. The van der Waals surface area contributed by atoms with Gasteiger partial charge in [0.2, 0.25) is 11.7 Å². The van der Waals surface area contributed by atoms with E-state index in [-0.39, 0.29) is 23.6 Å². The number of aromatic amines is 1. The minimum atomic E-state index is -1.51. The van der Waals surface area contributed by atoms with Crippen LogP contribution in [0, 0.1) is 0 Å². The molecule has 2 N–H and O–H groups in total. The van der Waals surface area contributed by atoms with Crippen LogP contribution in [0.3, 0.4) is 0 Å². The van der Waals surface area contributed by atoms with Gasteiger partial charge in [-0.3, -0.25) is 4.57 Å². The maximum absolute atomic E-state index is 11.2. The Morgan fingerprint density at radius 3 is 2.77 bits per heavy atom. The van der Waals surface area contributed by atoms with Crippen molar-refractivity contribution in [3.63, 3.8) is 0 Å². The number of hydrogen-bond donors (Lipinski definition) is 2. The fourth-order valence-corrected chi connectivity index (χ4v) is 4.49. The molecule has 0 unspecified atom stereocenters. The van der Waals surface area contributed by atoms with E-state index in [4.69, 9.17) is 30.6 Å². The lowest BCUT2D eigenvalue weighted by Crippen LogP contribution is -2.11. The summed E-state index contributed by atoms with van der Waals surface area (Å²) in [6, 6.07) is 13.3. The summed E-state index contributed by atoms with van der Waals surface area (Å²) in [5.74, 6) is 0.928. The largest absolute Gasteiger partial charge is 0.512 e. The molecule has 0 saturated carbocycles. The number of nitrogens with zero attached hydrogens (tertiary/aromatic N) is 5. The summed E-state index contributed by atoms with van der Waals surface area (Å²) in [5.41, 5.74) is 3.00. The van der Waals surface area contributed by atoms with Gasteiger partial charge in [0.1, 0.15) is 11.3 Å². The van der Waals surface area contributed by atoms with Gasteiger partial charge >= 0.3 is 12.2 Å². The SMILES string of the molecule is CCOc1nc(Cl)c(OC(=O)O)n1Cc1ccc2oc(-c3ccccc3-c3nn[nH]n3)c(Br)c2c1. The maximum Gasteiger partial charge on any atom is 0.512 e. The Labute approximate surface area is 210 Å². The van der Waals surface area contributed by atoms with E-state index in [0.29, 0.717) is 23.8 Å². The van der Waals surface area contributed by atoms with Crippen LogP contribution >= 0.6 is 27.5 Å². The second-order valence-corrected chi connectivity index (χ2v) is 8.39. The third-order valence-electron chi connectivity index (χ3n) is 5.09. The first-order valence-corrected chi connectivity index (χ1v) is 11.5. The number of carbonyl (C=O) groups is 1. The van der Waals surface area contributed by atoms with E-state index in [1.165, 1.54) is 4.57 Å². The van der Waals surface area contributed by atoms with Crippen LogP contribution in [0.1, 0.15) is 12.5 Å². The average molecular weight is 560 g/mol. The number of H-pyrrole nitrogens is 1. The van der Waals surface area contributed by atoms with E-state index >= 15 is 0 Å². The van der Waals surface area contributed by atoms with Gasteiger partial charge in [-0.2, -0.15) is 10.2 Å². The van der Waals surface area contributed by atoms with Gasteiger partial charge in [0.05, 0.1) is 17.6 Å². The molecule has 5 aromatic rings. The van der Waals surface area contributed by atoms with Crippen molar-refractivity contribution >= 4 is 44.7 Å². The van der Waals surface area contributed by atoms with Crippen molar-refractivity contribution in [2.75, 3.05) is 6.61 Å². The molecule has 0 radical (unpaired) electrons. The van der Waals surface area contributed by atoms with E-state index in [2.05, 4.69) is 41.5 Å². The van der Waals surface area contributed by atoms with Gasteiger partial charge in [0.15, 0.2) is 5.15 Å². The van der Waals surface area contributed by atoms with Crippen molar-refractivity contribution < 1.29 is 23.8 Å². The molecule has 0 bridgehead atoms. The lowest BCUT2D eigenvalue weighted by molar-refractivity contribution is 0.140. The number of carboxylic acid groups (broad SMARTS) is 1. The number of ether oxygens (including phenoxy) is 2. The molecule has 0 aliphatic rings. The Hall–Kier alpha value is -3.90. The van der Waals surface area contributed by atoms with Gasteiger partial charge in [0, 0.05) is 16.5 Å². The van der Waals surface area contributed by atoms with Crippen LogP contribution in [0.2, 0.25) is 5.15 Å². The van der Waals surface area contributed by atoms with Crippen LogP contribution in [0.25, 0.3) is 33.7 Å². The number of halogens is 2. The second-order valence-electron chi connectivity index (χ2n) is 7.23. The summed E-state index contributed by atoms with van der Waals surface area (Å²) >= 11 is 9.78. The van der Waals surface area contributed by atoms with Crippen molar-refractivity contribution in [3.8, 4) is 34.6 Å². The molecule has 13 heteroatoms. The number of furan rings is 1. The number of hydrogen-bond acceptors (Lipinski definition) is 8.